The van der Waals surface area contributed by atoms with Crippen molar-refractivity contribution in [1.82, 2.24) is 40.9 Å². The highest BCUT2D eigenvalue weighted by molar-refractivity contribution is 8.00. The van der Waals surface area contributed by atoms with E-state index in [1.807, 2.05) is 84.6 Å². The number of fused-ring (bicyclic) bond motifs is 1. The number of carbonyl (C=O) groups excluding carboxylic acids is 6. The maximum atomic E-state index is 14.5. The molecule has 3 aromatic rings. The first-order valence-corrected chi connectivity index (χ1v) is 25.4. The quantitative estimate of drug-likeness (QED) is 0.0571. The Balaban J connectivity index is 0.933. The number of amides is 7. The van der Waals surface area contributed by atoms with Gasteiger partial charge in [0.15, 0.2) is 0 Å². The highest BCUT2D eigenvalue weighted by atomic mass is 32.2. The average molecular weight is 935 g/mol. The van der Waals surface area contributed by atoms with Gasteiger partial charge in [-0.1, -0.05) is 79.2 Å². The van der Waals surface area contributed by atoms with Crippen LogP contribution in [-0.4, -0.2) is 153 Å². The van der Waals surface area contributed by atoms with Crippen molar-refractivity contribution < 1.29 is 33.9 Å². The van der Waals surface area contributed by atoms with Crippen molar-refractivity contribution in [2.75, 3.05) is 51.6 Å². The van der Waals surface area contributed by atoms with Gasteiger partial charge in [-0.05, 0) is 99.6 Å². The predicted molar refractivity (Wildman–Crippen MR) is 257 cm³/mol. The second-order valence-electron chi connectivity index (χ2n) is 18.9. The molecule has 0 bridgehead atoms. The summed E-state index contributed by atoms with van der Waals surface area (Å²) >= 11 is 1.88. The molecule has 5 heterocycles. The van der Waals surface area contributed by atoms with E-state index in [1.165, 1.54) is 0 Å². The maximum Gasteiger partial charge on any atom is 0.315 e. The highest BCUT2D eigenvalue weighted by Gasteiger charge is 2.45. The van der Waals surface area contributed by atoms with E-state index in [0.717, 1.165) is 61.1 Å². The number of phenolic OH excluding ortho intramolecular Hbond substituents is 1. The Hall–Kier alpha value is -5.61. The van der Waals surface area contributed by atoms with Crippen molar-refractivity contribution >= 4 is 47.3 Å². The lowest BCUT2D eigenvalue weighted by molar-refractivity contribution is -0.161. The second kappa shape index (κ2) is 22.9. The molecular weight excluding hydrogens is 869 g/mol. The van der Waals surface area contributed by atoms with Gasteiger partial charge < -0.3 is 41.1 Å². The van der Waals surface area contributed by atoms with Crippen molar-refractivity contribution in [2.45, 2.75) is 119 Å². The van der Waals surface area contributed by atoms with E-state index < -0.39 is 23.6 Å². The van der Waals surface area contributed by atoms with E-state index in [2.05, 4.69) is 26.2 Å². The number of urea groups is 1. The number of nitrogens with zero attached hydrogens (tertiary/aromatic N) is 4. The van der Waals surface area contributed by atoms with Crippen LogP contribution in [0.3, 0.4) is 0 Å². The van der Waals surface area contributed by atoms with Gasteiger partial charge in [0.1, 0.15) is 5.75 Å². The number of nitrogens with one attached hydrogen (secondary N) is 4. The fourth-order valence-corrected chi connectivity index (χ4v) is 12.2. The zero-order chi connectivity index (χ0) is 46.7. The third kappa shape index (κ3) is 12.5. The van der Waals surface area contributed by atoms with Gasteiger partial charge in [-0.25, -0.2) is 4.79 Å². The number of likely N-dealkylation sites (tertiary alicyclic amines) is 1. The first-order valence-electron chi connectivity index (χ1n) is 24.3. The van der Waals surface area contributed by atoms with E-state index in [9.17, 15) is 33.9 Å². The molecular formula is C51H66N8O7S. The van der Waals surface area contributed by atoms with Gasteiger partial charge in [-0.15, -0.1) is 0 Å². The summed E-state index contributed by atoms with van der Waals surface area (Å²) in [6.45, 7) is 3.26. The summed E-state index contributed by atoms with van der Waals surface area (Å²) < 4.78 is 0. The largest absolute Gasteiger partial charge is 0.508 e. The van der Waals surface area contributed by atoms with Crippen LogP contribution in [0, 0.1) is 0 Å². The standard InChI is InChI=1S/C51H66N8O7S/c60-42-22-20-37(21-23-42)29-41-33-58(50(65)49(64)57(41)27-24-35-12-3-1-4-13-35)39(16-9-10-25-52-45(61)19-8-7-18-44-46-43(34-67-44)54-51(66)55-46)31-56-26-11-17-38(56)32-59-40(30-53-47(62)48(59)63)28-36-14-5-2-6-15-36/h1-6,12-15,20-23,38-41,43-44,46,60H,7-11,16-19,24-34H2,(H,52,61)(H,53,62)(H2,54,55,66)/t38-,39-,40-,41-,43-,44-,46-/m0/s1. The molecule has 0 aromatic heterocycles. The summed E-state index contributed by atoms with van der Waals surface area (Å²) in [5.41, 5.74) is 3.12. The van der Waals surface area contributed by atoms with E-state index in [0.29, 0.717) is 89.5 Å². The Bertz CT molecular complexity index is 2180. The zero-order valence-corrected chi connectivity index (χ0v) is 39.2. The molecule has 358 valence electrons. The Labute approximate surface area is 398 Å². The molecule has 8 rings (SSSR count). The van der Waals surface area contributed by atoms with Crippen LogP contribution in [0.1, 0.15) is 74.5 Å². The summed E-state index contributed by atoms with van der Waals surface area (Å²) in [5.74, 6) is -1.07. The monoisotopic (exact) mass is 934 g/mol. The third-order valence-electron chi connectivity index (χ3n) is 14.3. The van der Waals surface area contributed by atoms with Gasteiger partial charge in [-0.2, -0.15) is 11.8 Å². The van der Waals surface area contributed by atoms with E-state index in [-0.39, 0.29) is 53.9 Å². The van der Waals surface area contributed by atoms with Gasteiger partial charge >= 0.3 is 29.7 Å². The van der Waals surface area contributed by atoms with Crippen LogP contribution in [0.15, 0.2) is 84.9 Å². The maximum absolute atomic E-state index is 14.5. The number of unbranched alkanes of at least 4 members (excludes halogenated alkanes) is 2. The summed E-state index contributed by atoms with van der Waals surface area (Å²) in [5, 5.41) is 22.3. The smallest absolute Gasteiger partial charge is 0.315 e. The molecule has 67 heavy (non-hydrogen) atoms. The summed E-state index contributed by atoms with van der Waals surface area (Å²) in [6.07, 6.45) is 8.58. The van der Waals surface area contributed by atoms with Crippen LogP contribution in [0.2, 0.25) is 0 Å². The fraction of sp³-hybridized carbons (Fsp3) is 0.529. The Morgan fingerprint density at radius 1 is 0.776 bits per heavy atom. The second-order valence-corrected chi connectivity index (χ2v) is 20.2. The van der Waals surface area contributed by atoms with Crippen molar-refractivity contribution in [3.63, 3.8) is 0 Å². The molecule has 3 aromatic carbocycles. The van der Waals surface area contributed by atoms with Gasteiger partial charge in [0.25, 0.3) is 0 Å². The minimum atomic E-state index is -0.591. The minimum absolute atomic E-state index is 0.0141. The number of thioether (sulfide) groups is 1. The van der Waals surface area contributed by atoms with Crippen LogP contribution in [0.4, 0.5) is 4.79 Å². The lowest BCUT2D eigenvalue weighted by Crippen LogP contribution is -2.64. The summed E-state index contributed by atoms with van der Waals surface area (Å²) in [4.78, 5) is 87.4. The molecule has 0 unspecified atom stereocenters. The zero-order valence-electron chi connectivity index (χ0n) is 38.4. The molecule has 0 aliphatic carbocycles. The molecule has 7 amide bonds. The molecule has 0 saturated carbocycles. The number of piperazine rings is 2. The topological polar surface area (TPSA) is 184 Å². The minimum Gasteiger partial charge on any atom is -0.508 e. The van der Waals surface area contributed by atoms with Crippen molar-refractivity contribution in [3.05, 3.63) is 102 Å². The molecule has 5 fully saturated rings. The molecule has 5 N–H and O–H groups in total. The number of hydrogen-bond acceptors (Lipinski definition) is 9. The first kappa shape index (κ1) is 47.9. The van der Waals surface area contributed by atoms with Crippen molar-refractivity contribution in [3.8, 4) is 5.75 Å². The van der Waals surface area contributed by atoms with Crippen LogP contribution in [-0.2, 0) is 43.2 Å². The van der Waals surface area contributed by atoms with Gasteiger partial charge in [0.2, 0.25) is 5.91 Å². The van der Waals surface area contributed by atoms with E-state index in [1.54, 1.807) is 26.8 Å². The lowest BCUT2D eigenvalue weighted by atomic mass is 9.97. The molecule has 16 heteroatoms. The number of carbonyl (C=O) groups is 6. The van der Waals surface area contributed by atoms with E-state index in [4.69, 9.17) is 0 Å². The van der Waals surface area contributed by atoms with Crippen molar-refractivity contribution in [2.24, 2.45) is 0 Å². The van der Waals surface area contributed by atoms with Gasteiger partial charge in [0, 0.05) is 68.8 Å². The SMILES string of the molecule is O=C(CCCC[C@@H]1SC[C@@H]2NC(=O)N[C@@H]21)NCCCC[C@@H](CN1CCC[C@H]1CN1C(=O)C(=O)NC[C@@H]1Cc1ccccc1)N1C[C@H](Cc2ccc(O)cc2)N(CCc2ccccc2)C(=O)C1=O. The first-order chi connectivity index (χ1) is 32.6. The third-order valence-corrected chi connectivity index (χ3v) is 15.8. The molecule has 5 saturated heterocycles. The normalized spacial score (nSPS) is 24.7. The van der Waals surface area contributed by atoms with Crippen LogP contribution >= 0.6 is 11.8 Å². The predicted octanol–water partition coefficient (Wildman–Crippen LogP) is 3.63. The Morgan fingerprint density at radius 3 is 2.28 bits per heavy atom. The van der Waals surface area contributed by atoms with Crippen molar-refractivity contribution in [1.29, 1.82) is 0 Å². The lowest BCUT2D eigenvalue weighted by Gasteiger charge is -2.45. The van der Waals surface area contributed by atoms with Crippen LogP contribution in [0.25, 0.3) is 0 Å². The van der Waals surface area contributed by atoms with Crippen LogP contribution in [0.5, 0.6) is 5.75 Å². The van der Waals surface area contributed by atoms with E-state index >= 15 is 0 Å². The Morgan fingerprint density at radius 2 is 1.51 bits per heavy atom. The number of phenols is 1. The summed E-state index contributed by atoms with van der Waals surface area (Å²) in [7, 11) is 0. The molecule has 5 aliphatic rings. The average Bonchev–Trinajstić information content (AvgIpc) is 4.05. The molecule has 7 atom stereocenters. The summed E-state index contributed by atoms with van der Waals surface area (Å²) in [6, 6.07) is 26.3. The number of hydrogen-bond donors (Lipinski definition) is 5. The van der Waals surface area contributed by atoms with Crippen LogP contribution < -0.4 is 21.3 Å². The highest BCUT2D eigenvalue weighted by Crippen LogP contribution is 2.33. The Kier molecular flexibility index (Phi) is 16.4. The number of aromatic hydroxyl groups is 1. The molecule has 0 spiro atoms. The molecule has 5 aliphatic heterocycles. The molecule has 0 radical (unpaired) electrons. The van der Waals surface area contributed by atoms with Gasteiger partial charge in [0.05, 0.1) is 24.2 Å². The molecule has 15 nitrogen and oxygen atoms in total. The fourth-order valence-electron chi connectivity index (χ4n) is 10.7. The number of benzene rings is 3. The van der Waals surface area contributed by atoms with Gasteiger partial charge in [-0.3, -0.25) is 28.9 Å². The number of rotatable bonds is 22.